The number of aromatic nitrogens is 1. The van der Waals surface area contributed by atoms with E-state index in [1.807, 2.05) is 30.3 Å². The number of halogens is 1. The van der Waals surface area contributed by atoms with Crippen LogP contribution in [0, 0.1) is 15.9 Å². The number of ether oxygens (including phenoxy) is 1. The van der Waals surface area contributed by atoms with Crippen molar-refractivity contribution in [2.75, 3.05) is 6.61 Å². The molecule has 0 radical (unpaired) electrons. The van der Waals surface area contributed by atoms with Crippen LogP contribution >= 0.6 is 0 Å². The summed E-state index contributed by atoms with van der Waals surface area (Å²) in [5.74, 6) is -0.845. The molecular formula is C23H18FN3O4. The zero-order valence-electron chi connectivity index (χ0n) is 16.2. The lowest BCUT2D eigenvalue weighted by Gasteiger charge is -2.20. The molecule has 0 aliphatic heterocycles. The third-order valence-corrected chi connectivity index (χ3v) is 4.87. The summed E-state index contributed by atoms with van der Waals surface area (Å²) in [6.45, 7) is -0.000804. The van der Waals surface area contributed by atoms with Crippen LogP contribution in [0.3, 0.4) is 0 Å². The molecule has 0 bridgehead atoms. The van der Waals surface area contributed by atoms with Crippen molar-refractivity contribution in [3.63, 3.8) is 0 Å². The molecule has 1 atom stereocenters. The summed E-state index contributed by atoms with van der Waals surface area (Å²) in [7, 11) is 0. The smallest absolute Gasteiger partial charge is 0.270 e. The van der Waals surface area contributed by atoms with Gasteiger partial charge >= 0.3 is 0 Å². The second-order valence-electron chi connectivity index (χ2n) is 6.87. The number of nitrogens with zero attached hydrogens (tertiary/aromatic N) is 1. The second kappa shape index (κ2) is 8.66. The van der Waals surface area contributed by atoms with Crippen molar-refractivity contribution < 1.29 is 18.8 Å². The van der Waals surface area contributed by atoms with Crippen LogP contribution in [0.2, 0.25) is 0 Å². The minimum atomic E-state index is -0.572. The monoisotopic (exact) mass is 419 g/mol. The van der Waals surface area contributed by atoms with Gasteiger partial charge in [-0.3, -0.25) is 14.9 Å². The van der Waals surface area contributed by atoms with Crippen molar-refractivity contribution in [1.82, 2.24) is 10.3 Å². The molecule has 0 aliphatic carbocycles. The fraction of sp³-hybridized carbons (Fsp3) is 0.0870. The van der Waals surface area contributed by atoms with Gasteiger partial charge in [-0.15, -0.1) is 0 Å². The van der Waals surface area contributed by atoms with Gasteiger partial charge in [-0.2, -0.15) is 0 Å². The van der Waals surface area contributed by atoms with Gasteiger partial charge in [-0.25, -0.2) is 4.39 Å². The van der Waals surface area contributed by atoms with Crippen LogP contribution in [0.4, 0.5) is 10.1 Å². The Morgan fingerprint density at radius 3 is 2.58 bits per heavy atom. The highest BCUT2D eigenvalue weighted by Crippen LogP contribution is 2.25. The standard InChI is InChI=1S/C23H18FN3O4/c24-19-8-4-5-9-22(19)31-14-21(15-6-2-1-3-7-15)26-23(28)18-13-25-20-11-10-16(27(29)30)12-17(18)20/h1-13,21,25H,14H2,(H,26,28). The third kappa shape index (κ3) is 4.37. The lowest BCUT2D eigenvalue weighted by Crippen LogP contribution is -2.32. The molecular weight excluding hydrogens is 401 g/mol. The molecule has 3 aromatic carbocycles. The number of hydrogen-bond acceptors (Lipinski definition) is 4. The van der Waals surface area contributed by atoms with Crippen LogP contribution in [-0.2, 0) is 0 Å². The first-order valence-electron chi connectivity index (χ1n) is 9.51. The Morgan fingerprint density at radius 2 is 1.84 bits per heavy atom. The topological polar surface area (TPSA) is 97.3 Å². The van der Waals surface area contributed by atoms with Crippen LogP contribution in [0.15, 0.2) is 79.0 Å². The highest BCUT2D eigenvalue weighted by atomic mass is 19.1. The van der Waals surface area contributed by atoms with Gasteiger partial charge in [0.1, 0.15) is 6.61 Å². The zero-order valence-corrected chi connectivity index (χ0v) is 16.2. The van der Waals surface area contributed by atoms with Crippen molar-refractivity contribution in [1.29, 1.82) is 0 Å². The molecule has 1 unspecified atom stereocenters. The molecule has 1 amide bonds. The van der Waals surface area contributed by atoms with Gasteiger partial charge in [0.05, 0.1) is 16.5 Å². The fourth-order valence-electron chi connectivity index (χ4n) is 3.29. The second-order valence-corrected chi connectivity index (χ2v) is 6.87. The van der Waals surface area contributed by atoms with Gasteiger partial charge in [0, 0.05) is 29.2 Å². The molecule has 0 fully saturated rings. The third-order valence-electron chi connectivity index (χ3n) is 4.87. The Bertz CT molecular complexity index is 1240. The predicted octanol–water partition coefficient (Wildman–Crippen LogP) is 4.77. The number of rotatable bonds is 7. The Balaban J connectivity index is 1.60. The van der Waals surface area contributed by atoms with Crippen LogP contribution in [0.5, 0.6) is 5.75 Å². The van der Waals surface area contributed by atoms with Crippen LogP contribution < -0.4 is 10.1 Å². The lowest BCUT2D eigenvalue weighted by atomic mass is 10.1. The molecule has 31 heavy (non-hydrogen) atoms. The summed E-state index contributed by atoms with van der Waals surface area (Å²) in [5.41, 5.74) is 1.54. The normalized spacial score (nSPS) is 11.8. The summed E-state index contributed by atoms with van der Waals surface area (Å²) in [6, 6.07) is 18.9. The Hall–Kier alpha value is -4.20. The number of aromatic amines is 1. The van der Waals surface area contributed by atoms with Crippen LogP contribution in [0.1, 0.15) is 22.0 Å². The average molecular weight is 419 g/mol. The number of carbonyl (C=O) groups excluding carboxylic acids is 1. The van der Waals surface area contributed by atoms with E-state index in [1.165, 1.54) is 30.5 Å². The van der Waals surface area contributed by atoms with E-state index in [9.17, 15) is 19.3 Å². The number of nitro benzene ring substituents is 1. The molecule has 0 aliphatic rings. The zero-order chi connectivity index (χ0) is 21.8. The van der Waals surface area contributed by atoms with E-state index in [1.54, 1.807) is 18.2 Å². The van der Waals surface area contributed by atoms with Gasteiger partial charge < -0.3 is 15.0 Å². The SMILES string of the molecule is O=C(NC(COc1ccccc1F)c1ccccc1)c1c[nH]c2ccc([N+](=O)[O-])cc12. The van der Waals surface area contributed by atoms with E-state index in [0.29, 0.717) is 10.9 Å². The Kier molecular flexibility index (Phi) is 5.61. The van der Waals surface area contributed by atoms with E-state index in [2.05, 4.69) is 10.3 Å². The fourth-order valence-corrected chi connectivity index (χ4v) is 3.29. The summed E-state index contributed by atoms with van der Waals surface area (Å²) in [6.07, 6.45) is 1.50. The van der Waals surface area contributed by atoms with Gasteiger partial charge in [-0.1, -0.05) is 42.5 Å². The number of H-pyrrole nitrogens is 1. The number of hydrogen-bond donors (Lipinski definition) is 2. The molecule has 156 valence electrons. The van der Waals surface area contributed by atoms with E-state index < -0.39 is 22.7 Å². The number of non-ortho nitro benzene ring substituents is 1. The number of nitrogens with one attached hydrogen (secondary N) is 2. The van der Waals surface area contributed by atoms with Crippen LogP contribution in [-0.4, -0.2) is 22.4 Å². The van der Waals surface area contributed by atoms with E-state index in [4.69, 9.17) is 4.74 Å². The van der Waals surface area contributed by atoms with E-state index in [0.717, 1.165) is 5.56 Å². The molecule has 7 nitrogen and oxygen atoms in total. The van der Waals surface area contributed by atoms with Crippen molar-refractivity contribution in [3.8, 4) is 5.75 Å². The van der Waals surface area contributed by atoms with Gasteiger partial charge in [-0.05, 0) is 23.8 Å². The molecule has 4 aromatic rings. The summed E-state index contributed by atoms with van der Waals surface area (Å²) in [5, 5.41) is 14.4. The molecule has 0 saturated heterocycles. The van der Waals surface area contributed by atoms with Crippen molar-refractivity contribution >= 4 is 22.5 Å². The first-order valence-corrected chi connectivity index (χ1v) is 9.51. The minimum absolute atomic E-state index is 0.000804. The average Bonchev–Trinajstić information content (AvgIpc) is 3.21. The number of para-hydroxylation sites is 1. The largest absolute Gasteiger partial charge is 0.488 e. The highest BCUT2D eigenvalue weighted by molar-refractivity contribution is 6.07. The maximum atomic E-state index is 13.9. The number of amides is 1. The molecule has 1 heterocycles. The quantitative estimate of drug-likeness (QED) is 0.333. The molecule has 4 rings (SSSR count). The first-order chi connectivity index (χ1) is 15.0. The molecule has 2 N–H and O–H groups in total. The van der Waals surface area contributed by atoms with Gasteiger partial charge in [0.25, 0.3) is 11.6 Å². The summed E-state index contributed by atoms with van der Waals surface area (Å²) >= 11 is 0. The Labute approximate surface area is 176 Å². The number of benzene rings is 3. The van der Waals surface area contributed by atoms with Gasteiger partial charge in [0.15, 0.2) is 11.6 Å². The van der Waals surface area contributed by atoms with Crippen LogP contribution in [0.25, 0.3) is 10.9 Å². The molecule has 1 aromatic heterocycles. The highest BCUT2D eigenvalue weighted by Gasteiger charge is 2.21. The van der Waals surface area contributed by atoms with E-state index in [-0.39, 0.29) is 23.6 Å². The first kappa shape index (κ1) is 20.1. The Morgan fingerprint density at radius 1 is 1.10 bits per heavy atom. The lowest BCUT2D eigenvalue weighted by molar-refractivity contribution is -0.384. The molecule has 0 spiro atoms. The molecule has 8 heteroatoms. The van der Waals surface area contributed by atoms with Crippen molar-refractivity contribution in [2.45, 2.75) is 6.04 Å². The predicted molar refractivity (Wildman–Crippen MR) is 113 cm³/mol. The number of fused-ring (bicyclic) bond motifs is 1. The maximum absolute atomic E-state index is 13.9. The summed E-state index contributed by atoms with van der Waals surface area (Å²) in [4.78, 5) is 26.6. The van der Waals surface area contributed by atoms with E-state index >= 15 is 0 Å². The molecule has 0 saturated carbocycles. The van der Waals surface area contributed by atoms with Crippen molar-refractivity contribution in [2.24, 2.45) is 0 Å². The maximum Gasteiger partial charge on any atom is 0.270 e. The summed E-state index contributed by atoms with van der Waals surface area (Å²) < 4.78 is 19.6. The number of carbonyl (C=O) groups is 1. The van der Waals surface area contributed by atoms with Crippen molar-refractivity contribution in [3.05, 3.63) is 106 Å². The number of nitro groups is 1. The van der Waals surface area contributed by atoms with Gasteiger partial charge in [0.2, 0.25) is 0 Å². The minimum Gasteiger partial charge on any atom is -0.488 e.